The van der Waals surface area contributed by atoms with Crippen LogP contribution in [0.25, 0.3) is 0 Å². The summed E-state index contributed by atoms with van der Waals surface area (Å²) in [7, 11) is 1.73. The van der Waals surface area contributed by atoms with Gasteiger partial charge in [-0.15, -0.1) is 10.2 Å². The molecule has 15 heavy (non-hydrogen) atoms. The molecule has 0 N–H and O–H groups in total. The minimum atomic E-state index is 0.0472. The lowest BCUT2D eigenvalue weighted by Gasteiger charge is -2.23. The van der Waals surface area contributed by atoms with E-state index in [2.05, 4.69) is 42.5 Å². The normalized spacial score (nSPS) is 14.2. The summed E-state index contributed by atoms with van der Waals surface area (Å²) in [6.45, 7) is 9.38. The third-order valence-electron chi connectivity index (χ3n) is 2.32. The summed E-state index contributed by atoms with van der Waals surface area (Å²) < 4.78 is 7.24. The van der Waals surface area contributed by atoms with Crippen LogP contribution in [0.1, 0.15) is 33.5 Å². The van der Waals surface area contributed by atoms with Crippen LogP contribution in [0, 0.1) is 5.92 Å². The second kappa shape index (κ2) is 4.75. The molecule has 1 aromatic heterocycles. The lowest BCUT2D eigenvalue weighted by atomic mass is 10.1. The lowest BCUT2D eigenvalue weighted by molar-refractivity contribution is 0.157. The number of nitrogens with zero attached hydrogens (tertiary/aromatic N) is 3. The van der Waals surface area contributed by atoms with E-state index in [0.29, 0.717) is 5.92 Å². The van der Waals surface area contributed by atoms with Gasteiger partial charge >= 0.3 is 0 Å². The van der Waals surface area contributed by atoms with Gasteiger partial charge in [-0.1, -0.05) is 6.92 Å². The average Bonchev–Trinajstić information content (AvgIpc) is 2.51. The molecule has 1 aromatic rings. The number of aromatic nitrogens is 3. The van der Waals surface area contributed by atoms with Gasteiger partial charge in [0.15, 0.2) is 0 Å². The van der Waals surface area contributed by atoms with Crippen molar-refractivity contribution in [1.29, 1.82) is 0 Å². The van der Waals surface area contributed by atoms with Crippen molar-refractivity contribution in [3.63, 3.8) is 0 Å². The molecule has 1 rings (SSSR count). The monoisotopic (exact) mass is 211 g/mol. The molecule has 4 nitrogen and oxygen atoms in total. The van der Waals surface area contributed by atoms with Gasteiger partial charge in [0.1, 0.15) is 12.2 Å². The van der Waals surface area contributed by atoms with E-state index in [0.717, 1.165) is 18.9 Å². The van der Waals surface area contributed by atoms with Gasteiger partial charge in [-0.25, -0.2) is 0 Å². The van der Waals surface area contributed by atoms with Crippen LogP contribution in [-0.2, 0) is 16.7 Å². The molecule has 1 atom stereocenters. The SMILES string of the molecule is COCC(C)Cc1nncn1C(C)(C)C. The molecular weight excluding hydrogens is 190 g/mol. The molecule has 0 spiro atoms. The molecule has 0 aliphatic carbocycles. The quantitative estimate of drug-likeness (QED) is 0.763. The van der Waals surface area contributed by atoms with Gasteiger partial charge in [0.05, 0.1) is 0 Å². The first-order valence-electron chi connectivity index (χ1n) is 5.33. The third-order valence-corrected chi connectivity index (χ3v) is 2.32. The van der Waals surface area contributed by atoms with Crippen molar-refractivity contribution in [3.8, 4) is 0 Å². The van der Waals surface area contributed by atoms with Gasteiger partial charge in [-0.3, -0.25) is 0 Å². The Morgan fingerprint density at radius 1 is 1.47 bits per heavy atom. The van der Waals surface area contributed by atoms with Crippen molar-refractivity contribution in [2.24, 2.45) is 5.92 Å². The van der Waals surface area contributed by atoms with Crippen LogP contribution in [0.4, 0.5) is 0 Å². The maximum absolute atomic E-state index is 5.12. The summed E-state index contributed by atoms with van der Waals surface area (Å²) >= 11 is 0. The summed E-state index contributed by atoms with van der Waals surface area (Å²) in [6, 6.07) is 0. The molecular formula is C11H21N3O. The number of rotatable bonds is 4. The number of ether oxygens (including phenoxy) is 1. The minimum Gasteiger partial charge on any atom is -0.384 e. The van der Waals surface area contributed by atoms with Crippen molar-refractivity contribution in [2.75, 3.05) is 13.7 Å². The van der Waals surface area contributed by atoms with Crippen LogP contribution < -0.4 is 0 Å². The molecule has 1 unspecified atom stereocenters. The molecule has 0 saturated heterocycles. The zero-order valence-corrected chi connectivity index (χ0v) is 10.3. The van der Waals surface area contributed by atoms with Crippen LogP contribution in [0.5, 0.6) is 0 Å². The van der Waals surface area contributed by atoms with E-state index in [-0.39, 0.29) is 5.54 Å². The zero-order chi connectivity index (χ0) is 11.5. The Hall–Kier alpha value is -0.900. The first-order chi connectivity index (χ1) is 6.95. The van der Waals surface area contributed by atoms with Crippen LogP contribution in [0.15, 0.2) is 6.33 Å². The van der Waals surface area contributed by atoms with E-state index in [1.165, 1.54) is 0 Å². The van der Waals surface area contributed by atoms with Gasteiger partial charge in [-0.2, -0.15) is 0 Å². The van der Waals surface area contributed by atoms with Gasteiger partial charge in [-0.05, 0) is 26.7 Å². The molecule has 0 aromatic carbocycles. The Morgan fingerprint density at radius 2 is 2.13 bits per heavy atom. The first kappa shape index (κ1) is 12.2. The number of hydrogen-bond donors (Lipinski definition) is 0. The van der Waals surface area contributed by atoms with Gasteiger partial charge in [0, 0.05) is 25.7 Å². The Bertz CT molecular complexity index is 301. The van der Waals surface area contributed by atoms with Crippen molar-refractivity contribution in [1.82, 2.24) is 14.8 Å². The summed E-state index contributed by atoms with van der Waals surface area (Å²) in [4.78, 5) is 0. The van der Waals surface area contributed by atoms with Crippen LogP contribution in [0.3, 0.4) is 0 Å². The molecule has 86 valence electrons. The zero-order valence-electron chi connectivity index (χ0n) is 10.3. The summed E-state index contributed by atoms with van der Waals surface area (Å²) in [6.07, 6.45) is 2.71. The third kappa shape index (κ3) is 3.30. The van der Waals surface area contributed by atoms with Gasteiger partial charge in [0.25, 0.3) is 0 Å². The molecule has 0 amide bonds. The highest BCUT2D eigenvalue weighted by Gasteiger charge is 2.18. The minimum absolute atomic E-state index is 0.0472. The van der Waals surface area contributed by atoms with Crippen LogP contribution >= 0.6 is 0 Å². The Morgan fingerprint density at radius 3 is 2.67 bits per heavy atom. The van der Waals surface area contributed by atoms with E-state index in [9.17, 15) is 0 Å². The van der Waals surface area contributed by atoms with Gasteiger partial charge < -0.3 is 9.30 Å². The van der Waals surface area contributed by atoms with E-state index in [4.69, 9.17) is 4.74 Å². The predicted molar refractivity (Wildman–Crippen MR) is 59.8 cm³/mol. The second-order valence-corrected chi connectivity index (χ2v) is 5.05. The summed E-state index contributed by atoms with van der Waals surface area (Å²) in [5.41, 5.74) is 0.0472. The van der Waals surface area contributed by atoms with E-state index in [1.54, 1.807) is 13.4 Å². The van der Waals surface area contributed by atoms with Crippen LogP contribution in [-0.4, -0.2) is 28.5 Å². The lowest BCUT2D eigenvalue weighted by Crippen LogP contribution is -2.24. The molecule has 0 aliphatic heterocycles. The van der Waals surface area contributed by atoms with E-state index in [1.807, 2.05) is 0 Å². The molecule has 0 bridgehead atoms. The number of hydrogen-bond acceptors (Lipinski definition) is 3. The topological polar surface area (TPSA) is 39.9 Å². The molecule has 0 fully saturated rings. The van der Waals surface area contributed by atoms with E-state index < -0.39 is 0 Å². The molecule has 1 heterocycles. The van der Waals surface area contributed by atoms with Crippen molar-refractivity contribution in [2.45, 2.75) is 39.7 Å². The standard InChI is InChI=1S/C11H21N3O/c1-9(7-15-5)6-10-13-12-8-14(10)11(2,3)4/h8-9H,6-7H2,1-5H3. The Balaban J connectivity index is 2.74. The van der Waals surface area contributed by atoms with Gasteiger partial charge in [0.2, 0.25) is 0 Å². The summed E-state index contributed by atoms with van der Waals surface area (Å²) in [5.74, 6) is 1.51. The first-order valence-corrected chi connectivity index (χ1v) is 5.33. The van der Waals surface area contributed by atoms with E-state index >= 15 is 0 Å². The highest BCUT2D eigenvalue weighted by molar-refractivity contribution is 4.93. The smallest absolute Gasteiger partial charge is 0.133 e. The molecule has 4 heteroatoms. The molecule has 0 aliphatic rings. The second-order valence-electron chi connectivity index (χ2n) is 5.05. The van der Waals surface area contributed by atoms with Crippen molar-refractivity contribution >= 4 is 0 Å². The van der Waals surface area contributed by atoms with Crippen molar-refractivity contribution in [3.05, 3.63) is 12.2 Å². The fourth-order valence-electron chi connectivity index (χ4n) is 1.61. The highest BCUT2D eigenvalue weighted by Crippen LogP contribution is 2.17. The summed E-state index contributed by atoms with van der Waals surface area (Å²) in [5, 5.41) is 8.14. The maximum Gasteiger partial charge on any atom is 0.133 e. The van der Waals surface area contributed by atoms with Crippen LogP contribution in [0.2, 0.25) is 0 Å². The fourth-order valence-corrected chi connectivity index (χ4v) is 1.61. The number of methoxy groups -OCH3 is 1. The Labute approximate surface area is 91.7 Å². The Kier molecular flexibility index (Phi) is 3.85. The fraction of sp³-hybridized carbons (Fsp3) is 0.818. The largest absolute Gasteiger partial charge is 0.384 e. The predicted octanol–water partition coefficient (Wildman–Crippen LogP) is 1.86. The molecule has 0 radical (unpaired) electrons. The maximum atomic E-state index is 5.12. The molecule has 0 saturated carbocycles. The van der Waals surface area contributed by atoms with Crippen molar-refractivity contribution < 1.29 is 4.74 Å². The highest BCUT2D eigenvalue weighted by atomic mass is 16.5. The average molecular weight is 211 g/mol.